The minimum absolute atomic E-state index is 0.928. The summed E-state index contributed by atoms with van der Waals surface area (Å²) in [6.07, 6.45) is 5.66. The van der Waals surface area contributed by atoms with Gasteiger partial charge in [-0.05, 0) is 62.6 Å². The Morgan fingerprint density at radius 2 is 1.80 bits per heavy atom. The molecule has 3 heteroatoms. The Bertz CT molecular complexity index is 436. The van der Waals surface area contributed by atoms with E-state index in [1.165, 1.54) is 55.8 Å². The van der Waals surface area contributed by atoms with Gasteiger partial charge in [0.25, 0.3) is 0 Å². The molecular formula is C17H27N3. The lowest BCUT2D eigenvalue weighted by molar-refractivity contribution is 0.668. The van der Waals surface area contributed by atoms with Crippen LogP contribution in [0.1, 0.15) is 43.9 Å². The summed E-state index contributed by atoms with van der Waals surface area (Å²) in [5.41, 5.74) is 2.51. The average molecular weight is 273 g/mol. The van der Waals surface area contributed by atoms with E-state index in [-0.39, 0.29) is 0 Å². The van der Waals surface area contributed by atoms with E-state index >= 15 is 0 Å². The first kappa shape index (κ1) is 13.9. The molecule has 2 fully saturated rings. The number of nitrogens with zero attached hydrogens (tertiary/aromatic N) is 2. The highest BCUT2D eigenvalue weighted by Crippen LogP contribution is 2.35. The van der Waals surface area contributed by atoms with Gasteiger partial charge in [-0.25, -0.2) is 4.98 Å². The van der Waals surface area contributed by atoms with Crippen molar-refractivity contribution in [2.75, 3.05) is 24.5 Å². The molecule has 1 aromatic rings. The molecule has 1 heterocycles. The third-order valence-electron chi connectivity index (χ3n) is 4.42. The van der Waals surface area contributed by atoms with Crippen LogP contribution in [0.5, 0.6) is 0 Å². The van der Waals surface area contributed by atoms with Crippen LogP contribution >= 0.6 is 0 Å². The Hall–Kier alpha value is -1.09. The molecule has 0 bridgehead atoms. The molecule has 20 heavy (non-hydrogen) atoms. The Balaban J connectivity index is 1.69. The molecule has 1 aromatic heterocycles. The second-order valence-corrected chi connectivity index (χ2v) is 6.49. The van der Waals surface area contributed by atoms with E-state index in [1.807, 2.05) is 0 Å². The van der Waals surface area contributed by atoms with Gasteiger partial charge in [-0.3, -0.25) is 0 Å². The monoisotopic (exact) mass is 273 g/mol. The molecular weight excluding hydrogens is 246 g/mol. The van der Waals surface area contributed by atoms with Crippen molar-refractivity contribution in [2.45, 2.75) is 46.1 Å². The Morgan fingerprint density at radius 1 is 1.15 bits per heavy atom. The number of hydrogen-bond donors (Lipinski definition) is 1. The topological polar surface area (TPSA) is 28.2 Å². The third kappa shape index (κ3) is 3.72. The zero-order valence-corrected chi connectivity index (χ0v) is 12.9. The zero-order chi connectivity index (χ0) is 13.9. The van der Waals surface area contributed by atoms with Crippen LogP contribution in [0, 0.1) is 18.8 Å². The van der Waals surface area contributed by atoms with Gasteiger partial charge in [-0.1, -0.05) is 13.0 Å². The number of aryl methyl sites for hydroxylation is 1. The van der Waals surface area contributed by atoms with Gasteiger partial charge in [0.1, 0.15) is 5.82 Å². The maximum Gasteiger partial charge on any atom is 0.128 e. The Morgan fingerprint density at radius 3 is 2.30 bits per heavy atom. The van der Waals surface area contributed by atoms with Crippen molar-refractivity contribution in [3.05, 3.63) is 23.4 Å². The predicted molar refractivity (Wildman–Crippen MR) is 84.0 cm³/mol. The van der Waals surface area contributed by atoms with Crippen molar-refractivity contribution in [3.8, 4) is 0 Å². The first-order valence-corrected chi connectivity index (χ1v) is 8.18. The van der Waals surface area contributed by atoms with Crippen molar-refractivity contribution in [2.24, 2.45) is 11.8 Å². The van der Waals surface area contributed by atoms with E-state index < -0.39 is 0 Å². The molecule has 110 valence electrons. The van der Waals surface area contributed by atoms with E-state index in [2.05, 4.69) is 36.2 Å². The van der Waals surface area contributed by atoms with Crippen molar-refractivity contribution in [1.82, 2.24) is 10.3 Å². The lowest BCUT2D eigenvalue weighted by Crippen LogP contribution is -2.29. The fourth-order valence-corrected chi connectivity index (χ4v) is 2.69. The fraction of sp³-hybridized carbons (Fsp3) is 0.706. The summed E-state index contributed by atoms with van der Waals surface area (Å²) >= 11 is 0. The van der Waals surface area contributed by atoms with Gasteiger partial charge in [0.15, 0.2) is 0 Å². The minimum Gasteiger partial charge on any atom is -0.356 e. The second kappa shape index (κ2) is 6.13. The molecule has 3 nitrogen and oxygen atoms in total. The molecule has 0 amide bonds. The standard InChI is InChI=1S/C17H27N3/c1-3-18-10-16-8-9-17(19-13(16)2)20(11-14-4-5-14)12-15-6-7-15/h8-9,14-15,18H,3-7,10-12H2,1-2H3. The van der Waals surface area contributed by atoms with Gasteiger partial charge in [-0.2, -0.15) is 0 Å². The third-order valence-corrected chi connectivity index (χ3v) is 4.42. The Labute approximate surface area is 122 Å². The predicted octanol–water partition coefficient (Wildman–Crippen LogP) is 3.13. The van der Waals surface area contributed by atoms with Crippen LogP contribution in [0.3, 0.4) is 0 Å². The van der Waals surface area contributed by atoms with E-state index in [0.717, 1.165) is 24.9 Å². The van der Waals surface area contributed by atoms with Gasteiger partial charge in [-0.15, -0.1) is 0 Å². The summed E-state index contributed by atoms with van der Waals surface area (Å²) in [4.78, 5) is 7.42. The smallest absolute Gasteiger partial charge is 0.128 e. The lowest BCUT2D eigenvalue weighted by atomic mass is 10.2. The summed E-state index contributed by atoms with van der Waals surface area (Å²) in [7, 11) is 0. The van der Waals surface area contributed by atoms with E-state index in [9.17, 15) is 0 Å². The molecule has 3 rings (SSSR count). The second-order valence-electron chi connectivity index (χ2n) is 6.49. The molecule has 0 saturated heterocycles. The molecule has 1 N–H and O–H groups in total. The highest BCUT2D eigenvalue weighted by Gasteiger charge is 2.29. The van der Waals surface area contributed by atoms with E-state index in [4.69, 9.17) is 4.98 Å². The van der Waals surface area contributed by atoms with Crippen LogP contribution in [0.4, 0.5) is 5.82 Å². The van der Waals surface area contributed by atoms with E-state index in [0.29, 0.717) is 0 Å². The average Bonchev–Trinajstić information content (AvgIpc) is 3.32. The van der Waals surface area contributed by atoms with Crippen LogP contribution in [0.15, 0.2) is 12.1 Å². The largest absolute Gasteiger partial charge is 0.356 e. The lowest BCUT2D eigenvalue weighted by Gasteiger charge is -2.24. The van der Waals surface area contributed by atoms with Gasteiger partial charge in [0, 0.05) is 25.3 Å². The van der Waals surface area contributed by atoms with Gasteiger partial charge < -0.3 is 10.2 Å². The Kier molecular flexibility index (Phi) is 4.25. The SMILES string of the molecule is CCNCc1ccc(N(CC2CC2)CC2CC2)nc1C. The highest BCUT2D eigenvalue weighted by atomic mass is 15.2. The van der Waals surface area contributed by atoms with Crippen molar-refractivity contribution in [1.29, 1.82) is 0 Å². The molecule has 0 unspecified atom stereocenters. The van der Waals surface area contributed by atoms with Gasteiger partial charge in [0.2, 0.25) is 0 Å². The van der Waals surface area contributed by atoms with Gasteiger partial charge >= 0.3 is 0 Å². The molecule has 0 aliphatic heterocycles. The number of anilines is 1. The zero-order valence-electron chi connectivity index (χ0n) is 12.9. The molecule has 0 radical (unpaired) electrons. The van der Waals surface area contributed by atoms with Crippen LogP contribution in [0.2, 0.25) is 0 Å². The summed E-state index contributed by atoms with van der Waals surface area (Å²) in [6, 6.07) is 4.48. The maximum atomic E-state index is 4.87. The van der Waals surface area contributed by atoms with Gasteiger partial charge in [0.05, 0.1) is 0 Å². The summed E-state index contributed by atoms with van der Waals surface area (Å²) in [5.74, 6) is 3.05. The number of rotatable bonds is 8. The fourth-order valence-electron chi connectivity index (χ4n) is 2.69. The summed E-state index contributed by atoms with van der Waals surface area (Å²) in [6.45, 7) is 8.66. The number of nitrogens with one attached hydrogen (secondary N) is 1. The first-order chi connectivity index (χ1) is 9.76. The first-order valence-electron chi connectivity index (χ1n) is 8.18. The van der Waals surface area contributed by atoms with Crippen molar-refractivity contribution >= 4 is 5.82 Å². The van der Waals surface area contributed by atoms with Crippen LogP contribution in [-0.2, 0) is 6.54 Å². The molecule has 2 saturated carbocycles. The highest BCUT2D eigenvalue weighted by molar-refractivity contribution is 5.42. The molecule has 0 atom stereocenters. The number of pyridine rings is 1. The molecule has 0 spiro atoms. The van der Waals surface area contributed by atoms with Crippen LogP contribution in [0.25, 0.3) is 0 Å². The quantitative estimate of drug-likeness (QED) is 0.789. The van der Waals surface area contributed by atoms with Crippen LogP contribution in [-0.4, -0.2) is 24.6 Å². The maximum absolute atomic E-state index is 4.87. The van der Waals surface area contributed by atoms with E-state index in [1.54, 1.807) is 0 Å². The molecule has 2 aliphatic rings. The molecule has 2 aliphatic carbocycles. The van der Waals surface area contributed by atoms with Crippen molar-refractivity contribution < 1.29 is 0 Å². The number of aromatic nitrogens is 1. The van der Waals surface area contributed by atoms with Crippen molar-refractivity contribution in [3.63, 3.8) is 0 Å². The molecule has 0 aromatic carbocycles. The minimum atomic E-state index is 0.928. The van der Waals surface area contributed by atoms with Crippen LogP contribution < -0.4 is 10.2 Å². The summed E-state index contributed by atoms with van der Waals surface area (Å²) < 4.78 is 0. The number of hydrogen-bond acceptors (Lipinski definition) is 3. The summed E-state index contributed by atoms with van der Waals surface area (Å²) in [5, 5.41) is 3.38. The normalized spacial score (nSPS) is 18.3.